The summed E-state index contributed by atoms with van der Waals surface area (Å²) >= 11 is 0. The van der Waals surface area contributed by atoms with Gasteiger partial charge in [-0.2, -0.15) is 5.26 Å². The molecule has 0 fully saturated rings. The Kier molecular flexibility index (Phi) is 7.36. The maximum absolute atomic E-state index is 8.82. The van der Waals surface area contributed by atoms with Crippen LogP contribution in [0.4, 0.5) is 0 Å². The van der Waals surface area contributed by atoms with E-state index in [-0.39, 0.29) is 12.4 Å². The van der Waals surface area contributed by atoms with E-state index in [0.29, 0.717) is 17.9 Å². The van der Waals surface area contributed by atoms with E-state index in [9.17, 15) is 0 Å². The summed E-state index contributed by atoms with van der Waals surface area (Å²) in [5, 5.41) is 8.82. The predicted octanol–water partition coefficient (Wildman–Crippen LogP) is 2.31. The summed E-state index contributed by atoms with van der Waals surface area (Å²) in [5.41, 5.74) is 0.599. The maximum atomic E-state index is 8.82. The van der Waals surface area contributed by atoms with Gasteiger partial charge in [0.05, 0.1) is 12.2 Å². The van der Waals surface area contributed by atoms with Crippen LogP contribution in [0.1, 0.15) is 12.0 Å². The highest BCUT2D eigenvalue weighted by Gasteiger charge is 2.00. The van der Waals surface area contributed by atoms with Crippen molar-refractivity contribution in [3.8, 4) is 11.8 Å². The Morgan fingerprint density at radius 1 is 1.31 bits per heavy atom. The van der Waals surface area contributed by atoms with Crippen LogP contribution < -0.4 is 4.74 Å². The van der Waals surface area contributed by atoms with Crippen LogP contribution in [0.15, 0.2) is 24.3 Å². The highest BCUT2D eigenvalue weighted by molar-refractivity contribution is 5.85. The van der Waals surface area contributed by atoms with Crippen molar-refractivity contribution < 1.29 is 4.74 Å². The first-order valence-electron chi connectivity index (χ1n) is 5.00. The predicted molar refractivity (Wildman–Crippen MR) is 67.1 cm³/mol. The number of hydrogen-bond acceptors (Lipinski definition) is 3. The number of rotatable bonds is 5. The Morgan fingerprint density at radius 2 is 2.00 bits per heavy atom. The first-order valence-corrected chi connectivity index (χ1v) is 5.00. The third-order valence-corrected chi connectivity index (χ3v) is 2.01. The fraction of sp³-hybridized carbons (Fsp3) is 0.417. The Balaban J connectivity index is 0.00000225. The van der Waals surface area contributed by atoms with Crippen molar-refractivity contribution in [2.75, 3.05) is 27.2 Å². The lowest BCUT2D eigenvalue weighted by molar-refractivity contribution is 0.281. The lowest BCUT2D eigenvalue weighted by Crippen LogP contribution is -2.15. The molecule has 0 atom stereocenters. The highest BCUT2D eigenvalue weighted by Crippen LogP contribution is 2.16. The van der Waals surface area contributed by atoms with E-state index in [1.165, 1.54) is 0 Å². The molecule has 1 rings (SSSR count). The minimum absolute atomic E-state index is 0. The van der Waals surface area contributed by atoms with Crippen LogP contribution >= 0.6 is 12.4 Å². The van der Waals surface area contributed by atoms with E-state index in [4.69, 9.17) is 10.00 Å². The molecular formula is C12H17ClN2O. The second-order valence-electron chi connectivity index (χ2n) is 3.61. The summed E-state index contributed by atoms with van der Waals surface area (Å²) in [6.45, 7) is 1.64. The fourth-order valence-electron chi connectivity index (χ4n) is 1.25. The molecule has 88 valence electrons. The number of ether oxygens (including phenoxy) is 1. The Hall–Kier alpha value is -1.24. The zero-order valence-electron chi connectivity index (χ0n) is 9.64. The average Bonchev–Trinajstić information content (AvgIpc) is 2.24. The van der Waals surface area contributed by atoms with Crippen molar-refractivity contribution in [3.63, 3.8) is 0 Å². The Morgan fingerprint density at radius 3 is 2.62 bits per heavy atom. The first-order chi connectivity index (χ1) is 7.24. The molecule has 3 nitrogen and oxygen atoms in total. The van der Waals surface area contributed by atoms with Gasteiger partial charge in [0.2, 0.25) is 0 Å². The zero-order chi connectivity index (χ0) is 11.1. The topological polar surface area (TPSA) is 36.3 Å². The van der Waals surface area contributed by atoms with Gasteiger partial charge in [0, 0.05) is 6.54 Å². The monoisotopic (exact) mass is 240 g/mol. The smallest absolute Gasteiger partial charge is 0.137 e. The molecule has 4 heteroatoms. The summed E-state index contributed by atoms with van der Waals surface area (Å²) < 4.78 is 5.53. The maximum Gasteiger partial charge on any atom is 0.137 e. The molecule has 1 aromatic carbocycles. The van der Waals surface area contributed by atoms with Crippen molar-refractivity contribution in [2.24, 2.45) is 0 Å². The normalized spacial score (nSPS) is 9.38. The van der Waals surface area contributed by atoms with Gasteiger partial charge in [-0.15, -0.1) is 12.4 Å². The van der Waals surface area contributed by atoms with Gasteiger partial charge in [-0.3, -0.25) is 0 Å². The van der Waals surface area contributed by atoms with Gasteiger partial charge in [0.1, 0.15) is 11.8 Å². The van der Waals surface area contributed by atoms with Crippen LogP contribution in [0.5, 0.6) is 5.75 Å². The molecule has 0 saturated heterocycles. The van der Waals surface area contributed by atoms with Gasteiger partial charge in [-0.05, 0) is 32.6 Å². The van der Waals surface area contributed by atoms with Crippen molar-refractivity contribution in [1.82, 2.24) is 4.90 Å². The number of nitrogens with zero attached hydrogens (tertiary/aromatic N) is 2. The zero-order valence-corrected chi connectivity index (χ0v) is 10.5. The molecule has 0 N–H and O–H groups in total. The largest absolute Gasteiger partial charge is 0.492 e. The molecule has 0 heterocycles. The van der Waals surface area contributed by atoms with Crippen molar-refractivity contribution in [2.45, 2.75) is 6.42 Å². The summed E-state index contributed by atoms with van der Waals surface area (Å²) in [6.07, 6.45) is 0.965. The molecule has 1 aromatic rings. The summed E-state index contributed by atoms with van der Waals surface area (Å²) in [7, 11) is 4.06. The minimum atomic E-state index is 0. The summed E-state index contributed by atoms with van der Waals surface area (Å²) in [6, 6.07) is 9.42. The minimum Gasteiger partial charge on any atom is -0.492 e. The van der Waals surface area contributed by atoms with E-state index in [1.807, 2.05) is 32.3 Å². The third kappa shape index (κ3) is 5.01. The van der Waals surface area contributed by atoms with Crippen LogP contribution in [0.2, 0.25) is 0 Å². The van der Waals surface area contributed by atoms with Crippen molar-refractivity contribution in [3.05, 3.63) is 29.8 Å². The standard InChI is InChI=1S/C12H16N2O.ClH/c1-14(2)8-5-9-15-12-7-4-3-6-11(12)10-13;/h3-4,6-7H,5,8-9H2,1-2H3;1H. The third-order valence-electron chi connectivity index (χ3n) is 2.01. The Bertz CT molecular complexity index is 347. The van der Waals surface area contributed by atoms with Crippen LogP contribution in [-0.2, 0) is 0 Å². The average molecular weight is 241 g/mol. The van der Waals surface area contributed by atoms with Gasteiger partial charge in [-0.1, -0.05) is 12.1 Å². The molecule has 0 spiro atoms. The second-order valence-corrected chi connectivity index (χ2v) is 3.61. The van der Waals surface area contributed by atoms with E-state index in [2.05, 4.69) is 11.0 Å². The van der Waals surface area contributed by atoms with E-state index in [0.717, 1.165) is 13.0 Å². The summed E-state index contributed by atoms with van der Waals surface area (Å²) in [4.78, 5) is 2.11. The lowest BCUT2D eigenvalue weighted by atomic mass is 10.2. The molecule has 0 aliphatic rings. The van der Waals surface area contributed by atoms with Gasteiger partial charge in [-0.25, -0.2) is 0 Å². The van der Waals surface area contributed by atoms with E-state index >= 15 is 0 Å². The molecule has 16 heavy (non-hydrogen) atoms. The quantitative estimate of drug-likeness (QED) is 0.741. The second kappa shape index (κ2) is 7.98. The molecule has 0 amide bonds. The molecule has 0 aliphatic heterocycles. The fourth-order valence-corrected chi connectivity index (χ4v) is 1.25. The molecule has 0 unspecified atom stereocenters. The van der Waals surface area contributed by atoms with Gasteiger partial charge >= 0.3 is 0 Å². The molecular weight excluding hydrogens is 224 g/mol. The van der Waals surface area contributed by atoms with Crippen LogP contribution in [-0.4, -0.2) is 32.1 Å². The molecule has 0 radical (unpaired) electrons. The summed E-state index contributed by atoms with van der Waals surface area (Å²) in [5.74, 6) is 0.679. The number of hydrogen-bond donors (Lipinski definition) is 0. The number of para-hydroxylation sites is 1. The van der Waals surface area contributed by atoms with Crippen LogP contribution in [0.25, 0.3) is 0 Å². The molecule has 0 aromatic heterocycles. The molecule has 0 saturated carbocycles. The van der Waals surface area contributed by atoms with E-state index < -0.39 is 0 Å². The van der Waals surface area contributed by atoms with Crippen molar-refractivity contribution >= 4 is 12.4 Å². The molecule has 0 bridgehead atoms. The SMILES string of the molecule is CN(C)CCCOc1ccccc1C#N.Cl. The van der Waals surface area contributed by atoms with Crippen LogP contribution in [0.3, 0.4) is 0 Å². The molecule has 0 aliphatic carbocycles. The van der Waals surface area contributed by atoms with Gasteiger partial charge in [0.25, 0.3) is 0 Å². The number of benzene rings is 1. The number of halogens is 1. The van der Waals surface area contributed by atoms with Gasteiger partial charge in [0.15, 0.2) is 0 Å². The van der Waals surface area contributed by atoms with E-state index in [1.54, 1.807) is 6.07 Å². The van der Waals surface area contributed by atoms with Crippen LogP contribution in [0, 0.1) is 11.3 Å². The lowest BCUT2D eigenvalue weighted by Gasteiger charge is -2.10. The Labute approximate surface area is 103 Å². The number of nitriles is 1. The van der Waals surface area contributed by atoms with Gasteiger partial charge < -0.3 is 9.64 Å². The first kappa shape index (κ1) is 14.8. The highest BCUT2D eigenvalue weighted by atomic mass is 35.5. The van der Waals surface area contributed by atoms with Crippen molar-refractivity contribution in [1.29, 1.82) is 5.26 Å².